The van der Waals surface area contributed by atoms with Crippen molar-refractivity contribution in [3.05, 3.63) is 112 Å². The van der Waals surface area contributed by atoms with Crippen LogP contribution in [0.4, 0.5) is 0 Å². The van der Waals surface area contributed by atoms with Crippen LogP contribution in [0.2, 0.25) is 0 Å². The summed E-state index contributed by atoms with van der Waals surface area (Å²) in [4.78, 5) is 4.31. The Balaban J connectivity index is 1.50. The minimum atomic E-state index is -0.531. The van der Waals surface area contributed by atoms with E-state index in [1.807, 2.05) is 12.1 Å². The highest BCUT2D eigenvalue weighted by atomic mass is 127. The first-order chi connectivity index (χ1) is 13.8. The zero-order valence-electron chi connectivity index (χ0n) is 15.2. The normalized spacial score (nSPS) is 13.5. The molecule has 0 saturated carbocycles. The van der Waals surface area contributed by atoms with Gasteiger partial charge in [0.15, 0.2) is 0 Å². The van der Waals surface area contributed by atoms with Crippen molar-refractivity contribution in [2.45, 2.75) is 21.1 Å². The molecule has 1 aliphatic rings. The summed E-state index contributed by atoms with van der Waals surface area (Å²) >= 11 is 2.30. The molecule has 138 valence electrons. The molecule has 1 aliphatic heterocycles. The molecule has 1 nitrogen and oxygen atoms in total. The molecule has 0 radical (unpaired) electrons. The fourth-order valence-electron chi connectivity index (χ4n) is 3.67. The molecule has 4 aromatic rings. The Kier molecular flexibility index (Phi) is 4.87. The standard InChI is InChI=1S/C25H19IOS/c26-20-9-11-21(12-10-20)27-22-13-15-23(16-14-22)28-24-7-3-1-5-18(24)17-19-6-2-4-8-25(19)28/h1-16,28H,17H2. The molecule has 0 saturated heterocycles. The average Bonchev–Trinajstić information content (AvgIpc) is 2.74. The van der Waals surface area contributed by atoms with Crippen molar-refractivity contribution < 1.29 is 4.74 Å². The van der Waals surface area contributed by atoms with Crippen LogP contribution in [0.25, 0.3) is 0 Å². The third kappa shape index (κ3) is 3.45. The molecule has 28 heavy (non-hydrogen) atoms. The van der Waals surface area contributed by atoms with Gasteiger partial charge in [-0.05, 0) is 115 Å². The molecule has 0 aromatic heterocycles. The number of fused-ring (bicyclic) bond motifs is 2. The van der Waals surface area contributed by atoms with Gasteiger partial charge in [-0.25, -0.2) is 0 Å². The average molecular weight is 494 g/mol. The number of halogens is 1. The summed E-state index contributed by atoms with van der Waals surface area (Å²) in [5.74, 6) is 1.74. The summed E-state index contributed by atoms with van der Waals surface area (Å²) in [5, 5.41) is 0. The van der Waals surface area contributed by atoms with Crippen molar-refractivity contribution >= 4 is 33.5 Å². The zero-order valence-corrected chi connectivity index (χ0v) is 18.2. The molecule has 0 spiro atoms. The van der Waals surface area contributed by atoms with E-state index in [1.54, 1.807) is 0 Å². The van der Waals surface area contributed by atoms with Crippen LogP contribution in [0.15, 0.2) is 112 Å². The molecule has 0 atom stereocenters. The summed E-state index contributed by atoms with van der Waals surface area (Å²) in [6.07, 6.45) is 1.03. The fraction of sp³-hybridized carbons (Fsp3) is 0.0400. The fourth-order valence-corrected chi connectivity index (χ4v) is 6.65. The van der Waals surface area contributed by atoms with E-state index < -0.39 is 10.9 Å². The largest absolute Gasteiger partial charge is 0.457 e. The number of rotatable bonds is 3. The van der Waals surface area contributed by atoms with E-state index in [-0.39, 0.29) is 0 Å². The van der Waals surface area contributed by atoms with Gasteiger partial charge in [0.05, 0.1) is 0 Å². The van der Waals surface area contributed by atoms with Crippen LogP contribution in [0.5, 0.6) is 11.5 Å². The minimum absolute atomic E-state index is 0.531. The lowest BCUT2D eigenvalue weighted by Crippen LogP contribution is -2.04. The molecule has 0 fully saturated rings. The third-order valence-corrected chi connectivity index (χ3v) is 8.36. The number of thiol groups is 1. The second kappa shape index (κ2) is 7.64. The maximum Gasteiger partial charge on any atom is 0.127 e. The van der Waals surface area contributed by atoms with E-state index in [0.29, 0.717) is 0 Å². The maximum absolute atomic E-state index is 6.02. The SMILES string of the molecule is Ic1ccc(Oc2ccc([SH]3c4ccccc4Cc4ccccc43)cc2)cc1. The van der Waals surface area contributed by atoms with Crippen LogP contribution in [-0.2, 0) is 6.42 Å². The molecule has 0 amide bonds. The van der Waals surface area contributed by atoms with Crippen molar-refractivity contribution in [3.63, 3.8) is 0 Å². The Morgan fingerprint density at radius 1 is 0.607 bits per heavy atom. The van der Waals surface area contributed by atoms with Gasteiger partial charge >= 0.3 is 0 Å². The molecule has 0 bridgehead atoms. The second-order valence-electron chi connectivity index (χ2n) is 6.82. The van der Waals surface area contributed by atoms with Crippen molar-refractivity contribution in [2.24, 2.45) is 0 Å². The molecule has 0 unspecified atom stereocenters. The van der Waals surface area contributed by atoms with E-state index in [1.165, 1.54) is 29.4 Å². The molecule has 5 rings (SSSR count). The number of hydrogen-bond acceptors (Lipinski definition) is 1. The van der Waals surface area contributed by atoms with Crippen molar-refractivity contribution in [2.75, 3.05) is 0 Å². The predicted octanol–water partition coefficient (Wildman–Crippen LogP) is 7.47. The minimum Gasteiger partial charge on any atom is -0.457 e. The number of benzene rings is 4. The van der Waals surface area contributed by atoms with Gasteiger partial charge in [-0.3, -0.25) is 0 Å². The van der Waals surface area contributed by atoms with Gasteiger partial charge in [-0.2, -0.15) is 10.9 Å². The van der Waals surface area contributed by atoms with E-state index >= 15 is 0 Å². The van der Waals surface area contributed by atoms with Crippen molar-refractivity contribution in [3.8, 4) is 11.5 Å². The Labute approximate surface area is 181 Å². The van der Waals surface area contributed by atoms with Gasteiger partial charge in [0, 0.05) is 3.57 Å². The van der Waals surface area contributed by atoms with Crippen molar-refractivity contribution in [1.29, 1.82) is 0 Å². The highest BCUT2D eigenvalue weighted by Crippen LogP contribution is 2.57. The topological polar surface area (TPSA) is 9.23 Å². The second-order valence-corrected chi connectivity index (χ2v) is 10.2. The van der Waals surface area contributed by atoms with Crippen LogP contribution in [0.1, 0.15) is 11.1 Å². The maximum atomic E-state index is 6.02. The van der Waals surface area contributed by atoms with E-state index in [0.717, 1.165) is 17.9 Å². The first kappa shape index (κ1) is 17.8. The molecule has 0 aliphatic carbocycles. The van der Waals surface area contributed by atoms with Gasteiger partial charge in [0.2, 0.25) is 0 Å². The molecule has 4 aromatic carbocycles. The quantitative estimate of drug-likeness (QED) is 0.202. The first-order valence-corrected chi connectivity index (χ1v) is 11.7. The first-order valence-electron chi connectivity index (χ1n) is 9.27. The summed E-state index contributed by atoms with van der Waals surface area (Å²) < 4.78 is 7.22. The smallest absolute Gasteiger partial charge is 0.127 e. The number of ether oxygens (including phenoxy) is 1. The van der Waals surface area contributed by atoms with E-state index in [9.17, 15) is 0 Å². The van der Waals surface area contributed by atoms with Crippen LogP contribution >= 0.6 is 33.5 Å². The summed E-state index contributed by atoms with van der Waals surface area (Å²) in [5.41, 5.74) is 2.90. The zero-order chi connectivity index (χ0) is 18.9. The molecule has 1 heterocycles. The Hall–Kier alpha value is -2.24. The Bertz CT molecular complexity index is 1070. The highest BCUT2D eigenvalue weighted by molar-refractivity contribution is 14.1. The lowest BCUT2D eigenvalue weighted by atomic mass is 10.0. The summed E-state index contributed by atoms with van der Waals surface area (Å²) in [6.45, 7) is 0. The summed E-state index contributed by atoms with van der Waals surface area (Å²) in [6, 6.07) is 34.5. The summed E-state index contributed by atoms with van der Waals surface area (Å²) in [7, 11) is -0.531. The lowest BCUT2D eigenvalue weighted by Gasteiger charge is -2.32. The number of hydrogen-bond donors (Lipinski definition) is 1. The van der Waals surface area contributed by atoms with Crippen molar-refractivity contribution in [1.82, 2.24) is 0 Å². The highest BCUT2D eigenvalue weighted by Gasteiger charge is 2.23. The van der Waals surface area contributed by atoms with E-state index in [4.69, 9.17) is 4.74 Å². The monoisotopic (exact) mass is 494 g/mol. The Morgan fingerprint density at radius 2 is 1.11 bits per heavy atom. The van der Waals surface area contributed by atoms with Gasteiger partial charge in [-0.15, -0.1) is 0 Å². The van der Waals surface area contributed by atoms with Crippen LogP contribution < -0.4 is 4.74 Å². The van der Waals surface area contributed by atoms with Gasteiger partial charge in [0.1, 0.15) is 11.5 Å². The predicted molar refractivity (Wildman–Crippen MR) is 125 cm³/mol. The van der Waals surface area contributed by atoms with Gasteiger partial charge < -0.3 is 4.74 Å². The van der Waals surface area contributed by atoms with Crippen LogP contribution in [0, 0.1) is 3.57 Å². The van der Waals surface area contributed by atoms with E-state index in [2.05, 4.69) is 108 Å². The van der Waals surface area contributed by atoms with Gasteiger partial charge in [0.25, 0.3) is 0 Å². The van der Waals surface area contributed by atoms with Gasteiger partial charge in [-0.1, -0.05) is 36.4 Å². The molecule has 3 heteroatoms. The Morgan fingerprint density at radius 3 is 1.68 bits per heavy atom. The van der Waals surface area contributed by atoms with Crippen LogP contribution in [-0.4, -0.2) is 0 Å². The molecular formula is C25H19IOS. The van der Waals surface area contributed by atoms with Crippen LogP contribution in [0.3, 0.4) is 0 Å². The third-order valence-electron chi connectivity index (χ3n) is 4.99. The lowest BCUT2D eigenvalue weighted by molar-refractivity contribution is 0.482. The molecular weight excluding hydrogens is 475 g/mol. The molecule has 0 N–H and O–H groups in total.